The van der Waals surface area contributed by atoms with Gasteiger partial charge in [0.05, 0.1) is 6.85 Å². The minimum atomic E-state index is -0.407. The molecule has 0 fully saturated rings. The van der Waals surface area contributed by atoms with Gasteiger partial charge in [-0.2, -0.15) is 0 Å². The fraction of sp³-hybridized carbons (Fsp3) is 0. The van der Waals surface area contributed by atoms with Gasteiger partial charge in [-0.3, -0.25) is 0 Å². The van der Waals surface area contributed by atoms with Crippen molar-refractivity contribution in [1.82, 2.24) is 15.0 Å². The molecular formula is C39H23N3S2. The summed E-state index contributed by atoms with van der Waals surface area (Å²) < 4.78 is 46.1. The van der Waals surface area contributed by atoms with Crippen molar-refractivity contribution in [3.63, 3.8) is 0 Å². The molecule has 3 aromatic heterocycles. The highest BCUT2D eigenvalue weighted by molar-refractivity contribution is 7.26. The Bertz CT molecular complexity index is 2760. The van der Waals surface area contributed by atoms with E-state index in [2.05, 4.69) is 42.5 Å². The van der Waals surface area contributed by atoms with E-state index in [4.69, 9.17) is 21.8 Å². The minimum Gasteiger partial charge on any atom is -0.208 e. The molecule has 9 rings (SSSR count). The Kier molecular flexibility index (Phi) is 4.78. The van der Waals surface area contributed by atoms with Gasteiger partial charge in [-0.05, 0) is 29.3 Å². The average molecular weight is 603 g/mol. The second-order valence-corrected chi connectivity index (χ2v) is 12.5. The van der Waals surface area contributed by atoms with Crippen LogP contribution in [0.4, 0.5) is 0 Å². The molecule has 5 heteroatoms. The van der Waals surface area contributed by atoms with Crippen LogP contribution in [0.2, 0.25) is 0 Å². The molecule has 0 atom stereocenters. The Labute approximate surface area is 268 Å². The van der Waals surface area contributed by atoms with E-state index in [9.17, 15) is 0 Å². The maximum atomic E-state index is 8.67. The predicted molar refractivity (Wildman–Crippen MR) is 187 cm³/mol. The molecule has 6 aromatic carbocycles. The first kappa shape index (κ1) is 20.6. The summed E-state index contributed by atoms with van der Waals surface area (Å²) in [4.78, 5) is 15.3. The molecule has 0 unspecified atom stereocenters. The Morgan fingerprint density at radius 3 is 1.89 bits per heavy atom. The predicted octanol–water partition coefficient (Wildman–Crippen LogP) is 11.3. The molecule has 206 valence electrons. The number of nitrogens with zero attached hydrogens (tertiary/aromatic N) is 3. The number of thiophene rings is 2. The van der Waals surface area contributed by atoms with Gasteiger partial charge in [0, 0.05) is 57.0 Å². The van der Waals surface area contributed by atoms with E-state index in [1.165, 1.54) is 21.4 Å². The summed E-state index contributed by atoms with van der Waals surface area (Å²) in [6.45, 7) is 0. The van der Waals surface area contributed by atoms with Crippen molar-refractivity contribution in [2.45, 2.75) is 0 Å². The molecule has 0 aliphatic carbocycles. The van der Waals surface area contributed by atoms with Gasteiger partial charge in [0.1, 0.15) is 0 Å². The molecule has 0 N–H and O–H groups in total. The summed E-state index contributed by atoms with van der Waals surface area (Å²) in [5, 5.41) is 4.20. The number of hydrogen-bond donors (Lipinski definition) is 0. The van der Waals surface area contributed by atoms with Crippen LogP contribution in [0.25, 0.3) is 85.6 Å². The van der Waals surface area contributed by atoms with E-state index in [0.29, 0.717) is 23.0 Å². The van der Waals surface area contributed by atoms with Crippen molar-refractivity contribution < 1.29 is 6.85 Å². The van der Waals surface area contributed by atoms with Gasteiger partial charge in [-0.1, -0.05) is 121 Å². The van der Waals surface area contributed by atoms with E-state index in [-0.39, 0.29) is 29.7 Å². The molecule has 0 bridgehead atoms. The Hall–Kier alpha value is -5.23. The molecule has 44 heavy (non-hydrogen) atoms. The van der Waals surface area contributed by atoms with Crippen LogP contribution in [0.1, 0.15) is 6.85 Å². The topological polar surface area (TPSA) is 38.7 Å². The summed E-state index contributed by atoms with van der Waals surface area (Å²) in [6.07, 6.45) is 0. The van der Waals surface area contributed by atoms with E-state index in [0.717, 1.165) is 46.9 Å². The molecule has 0 saturated carbocycles. The zero-order valence-corrected chi connectivity index (χ0v) is 24.7. The van der Waals surface area contributed by atoms with Crippen molar-refractivity contribution in [3.05, 3.63) is 139 Å². The summed E-state index contributed by atoms with van der Waals surface area (Å²) in [5.74, 6) is 1.67. The second-order valence-electron chi connectivity index (χ2n) is 10.4. The van der Waals surface area contributed by atoms with Gasteiger partial charge in [0.25, 0.3) is 0 Å². The van der Waals surface area contributed by atoms with Crippen LogP contribution in [0.5, 0.6) is 0 Å². The Balaban J connectivity index is 1.32. The second kappa shape index (κ2) is 10.2. The van der Waals surface area contributed by atoms with Crippen molar-refractivity contribution >= 4 is 63.0 Å². The summed E-state index contributed by atoms with van der Waals surface area (Å²) in [5.41, 5.74) is 3.42. The molecule has 0 saturated heterocycles. The van der Waals surface area contributed by atoms with Gasteiger partial charge >= 0.3 is 0 Å². The van der Waals surface area contributed by atoms with Crippen LogP contribution < -0.4 is 0 Å². The van der Waals surface area contributed by atoms with Gasteiger partial charge in [0.15, 0.2) is 17.5 Å². The molecule has 3 nitrogen and oxygen atoms in total. The molecule has 9 aromatic rings. The molecule has 0 amide bonds. The summed E-state index contributed by atoms with van der Waals surface area (Å²) >= 11 is 3.25. The normalized spacial score (nSPS) is 13.2. The van der Waals surface area contributed by atoms with Crippen LogP contribution in [0, 0.1) is 0 Å². The van der Waals surface area contributed by atoms with Crippen molar-refractivity contribution in [1.29, 1.82) is 0 Å². The van der Waals surface area contributed by atoms with E-state index in [1.807, 2.05) is 66.7 Å². The zero-order valence-electron chi connectivity index (χ0n) is 28.1. The summed E-state index contributed by atoms with van der Waals surface area (Å²) in [7, 11) is 0. The molecule has 0 aliphatic rings. The van der Waals surface area contributed by atoms with E-state index < -0.39 is 6.04 Å². The van der Waals surface area contributed by atoms with Crippen molar-refractivity contribution in [3.8, 4) is 45.3 Å². The lowest BCUT2D eigenvalue weighted by Crippen LogP contribution is -2.00. The first-order chi connectivity index (χ1) is 23.9. The molecule has 0 spiro atoms. The fourth-order valence-corrected chi connectivity index (χ4v) is 8.33. The van der Waals surface area contributed by atoms with Gasteiger partial charge in [-0.15, -0.1) is 22.7 Å². The summed E-state index contributed by atoms with van der Waals surface area (Å²) in [6, 6.07) is 34.7. The van der Waals surface area contributed by atoms with E-state index >= 15 is 0 Å². The number of benzene rings is 6. The van der Waals surface area contributed by atoms with Crippen molar-refractivity contribution in [2.75, 3.05) is 0 Å². The van der Waals surface area contributed by atoms with Crippen LogP contribution in [-0.4, -0.2) is 15.0 Å². The largest absolute Gasteiger partial charge is 0.208 e. The molecular weight excluding hydrogens is 575 g/mol. The quantitative estimate of drug-likeness (QED) is 0.201. The van der Waals surface area contributed by atoms with E-state index in [1.54, 1.807) is 11.3 Å². The van der Waals surface area contributed by atoms with Crippen LogP contribution in [-0.2, 0) is 0 Å². The standard InChI is InChI=1S/C39H23N3S2/c1-3-12-24(13-4-1)26-17-9-19-29-34-30(20-11-23-33(34)44-35(26)29)38-40-37(25-14-5-2-6-15-25)41-39(42-38)31-21-10-18-28-27-16-7-8-22-32(27)43-36(28)31/h1-23H/i1D,3D,4D,12D,13D. The first-order valence-corrected chi connectivity index (χ1v) is 15.8. The zero-order chi connectivity index (χ0) is 33.4. The lowest BCUT2D eigenvalue weighted by atomic mass is 10.0. The SMILES string of the molecule is [2H]c1c([2H])c([2H])c(-c2cccc3c2sc2cccc(-c4nc(-c5ccccc5)nc(-c5cccc6c5sc5ccccc56)n4)c23)c([2H])c1[2H]. The lowest BCUT2D eigenvalue weighted by molar-refractivity contribution is 1.08. The Morgan fingerprint density at radius 2 is 1.02 bits per heavy atom. The monoisotopic (exact) mass is 602 g/mol. The lowest BCUT2D eigenvalue weighted by Gasteiger charge is -2.10. The minimum absolute atomic E-state index is 0.190. The van der Waals surface area contributed by atoms with Crippen LogP contribution in [0.15, 0.2) is 139 Å². The third-order valence-corrected chi connectivity index (χ3v) is 10.3. The molecule has 0 aliphatic heterocycles. The fourth-order valence-electron chi connectivity index (χ4n) is 5.87. The first-order valence-electron chi connectivity index (χ1n) is 16.6. The van der Waals surface area contributed by atoms with Crippen LogP contribution in [0.3, 0.4) is 0 Å². The van der Waals surface area contributed by atoms with Gasteiger partial charge in [-0.25, -0.2) is 15.0 Å². The number of hydrogen-bond acceptors (Lipinski definition) is 5. The maximum absolute atomic E-state index is 8.67. The smallest absolute Gasteiger partial charge is 0.165 e. The number of rotatable bonds is 4. The number of fused-ring (bicyclic) bond motifs is 6. The molecule has 3 heterocycles. The van der Waals surface area contributed by atoms with Crippen LogP contribution >= 0.6 is 22.7 Å². The third-order valence-electron chi connectivity index (χ3n) is 7.85. The highest BCUT2D eigenvalue weighted by atomic mass is 32.1. The maximum Gasteiger partial charge on any atom is 0.165 e. The van der Waals surface area contributed by atoms with Gasteiger partial charge < -0.3 is 0 Å². The Morgan fingerprint density at radius 1 is 0.432 bits per heavy atom. The highest BCUT2D eigenvalue weighted by Crippen LogP contribution is 2.44. The third kappa shape index (κ3) is 4.05. The van der Waals surface area contributed by atoms with Crippen molar-refractivity contribution in [2.24, 2.45) is 0 Å². The molecule has 0 radical (unpaired) electrons. The number of aromatic nitrogens is 3. The highest BCUT2D eigenvalue weighted by Gasteiger charge is 2.20. The van der Waals surface area contributed by atoms with Gasteiger partial charge in [0.2, 0.25) is 0 Å². The average Bonchev–Trinajstić information content (AvgIpc) is 3.73.